The minimum absolute atomic E-state index is 0.0878. The molecule has 5 aromatic carbocycles. The first-order chi connectivity index (χ1) is 20.1. The van der Waals surface area contributed by atoms with Crippen LogP contribution in [0, 0.1) is 10.1 Å². The Balaban J connectivity index is 1.64. The Labute approximate surface area is 250 Å². The Morgan fingerprint density at radius 2 is 1.05 bits per heavy atom. The monoisotopic (exact) mass is 567 g/mol. The lowest BCUT2D eigenvalue weighted by molar-refractivity contribution is -0.384. The summed E-state index contributed by atoms with van der Waals surface area (Å²) in [6.45, 7) is 9.53. The first-order valence-electron chi connectivity index (χ1n) is 14.8. The van der Waals surface area contributed by atoms with Gasteiger partial charge in [0.05, 0.1) is 10.5 Å². The summed E-state index contributed by atoms with van der Waals surface area (Å²) < 4.78 is 0. The topological polar surface area (TPSA) is 43.1 Å². The Bertz CT molecular complexity index is 1700. The van der Waals surface area contributed by atoms with Crippen molar-refractivity contribution >= 4 is 34.5 Å². The summed E-state index contributed by atoms with van der Waals surface area (Å²) in [5.74, 6) is 0. The van der Waals surface area contributed by atoms with E-state index in [-0.39, 0.29) is 21.4 Å². The zero-order chi connectivity index (χ0) is 29.5. The minimum Gasteiger partial charge on any atom is -0.258 e. The van der Waals surface area contributed by atoms with Gasteiger partial charge in [0, 0.05) is 6.07 Å². The van der Waals surface area contributed by atoms with Crippen LogP contribution in [0.5, 0.6) is 0 Å². The van der Waals surface area contributed by atoms with Crippen molar-refractivity contribution in [3.8, 4) is 11.1 Å². The van der Waals surface area contributed by atoms with Gasteiger partial charge in [-0.15, -0.1) is 0 Å². The summed E-state index contributed by atoms with van der Waals surface area (Å²) in [6.07, 6.45) is 2.34. The van der Waals surface area contributed by atoms with Gasteiger partial charge in [-0.05, 0) is 67.2 Å². The van der Waals surface area contributed by atoms with Gasteiger partial charge in [-0.3, -0.25) is 10.1 Å². The van der Waals surface area contributed by atoms with E-state index in [1.54, 1.807) is 12.1 Å². The summed E-state index contributed by atoms with van der Waals surface area (Å²) in [6, 6.07) is 44.8. The number of nitro groups is 1. The van der Waals surface area contributed by atoms with E-state index < -0.39 is 8.07 Å². The zero-order valence-corrected chi connectivity index (χ0v) is 25.8. The fourth-order valence-corrected chi connectivity index (χ4v) is 11.7. The molecule has 0 saturated carbocycles. The van der Waals surface area contributed by atoms with Crippen LogP contribution in [0.15, 0.2) is 127 Å². The Morgan fingerprint density at radius 1 is 0.571 bits per heavy atom. The Kier molecular flexibility index (Phi) is 6.98. The summed E-state index contributed by atoms with van der Waals surface area (Å²) in [5, 5.41) is 17.1. The zero-order valence-electron chi connectivity index (χ0n) is 24.8. The van der Waals surface area contributed by atoms with E-state index in [4.69, 9.17) is 0 Å². The molecule has 0 fully saturated rings. The van der Waals surface area contributed by atoms with Gasteiger partial charge in [0.2, 0.25) is 0 Å². The quantitative estimate of drug-likeness (QED) is 0.0961. The first kappa shape index (κ1) is 27.9. The van der Waals surface area contributed by atoms with E-state index in [1.165, 1.54) is 38.3 Å². The molecule has 6 rings (SSSR count). The van der Waals surface area contributed by atoms with Gasteiger partial charge in [-0.25, -0.2) is 0 Å². The van der Waals surface area contributed by atoms with Crippen LogP contribution in [0.4, 0.5) is 5.69 Å². The largest absolute Gasteiger partial charge is 0.277 e. The SMILES string of the molecule is CC1(C)CCC(C)(C)c2cc([Si](c3ccccc3)(c3ccccc3)c3ccc(-c4ccccc4[N+](=O)[O-])cc3)ccc21. The lowest BCUT2D eigenvalue weighted by Crippen LogP contribution is -2.74. The highest BCUT2D eigenvalue weighted by atomic mass is 28.3. The molecule has 1 aliphatic rings. The molecule has 3 nitrogen and oxygen atoms in total. The van der Waals surface area contributed by atoms with Crippen LogP contribution in [0.25, 0.3) is 11.1 Å². The van der Waals surface area contributed by atoms with E-state index >= 15 is 0 Å². The number of nitro benzene ring substituents is 1. The number of hydrogen-bond donors (Lipinski definition) is 0. The third-order valence-corrected chi connectivity index (χ3v) is 14.2. The predicted molar refractivity (Wildman–Crippen MR) is 177 cm³/mol. The molecule has 0 bridgehead atoms. The molecule has 4 heteroatoms. The maximum Gasteiger partial charge on any atom is 0.277 e. The number of benzene rings is 5. The molecule has 210 valence electrons. The minimum atomic E-state index is -2.76. The third kappa shape index (κ3) is 4.60. The van der Waals surface area contributed by atoms with Gasteiger partial charge in [0.25, 0.3) is 5.69 Å². The molecule has 0 spiro atoms. The van der Waals surface area contributed by atoms with Crippen molar-refractivity contribution < 1.29 is 4.92 Å². The normalized spacial score (nSPS) is 15.5. The molecule has 1 aliphatic carbocycles. The average molecular weight is 568 g/mol. The van der Waals surface area contributed by atoms with Crippen molar-refractivity contribution in [3.63, 3.8) is 0 Å². The molecule has 0 saturated heterocycles. The molecule has 0 heterocycles. The molecule has 0 aliphatic heterocycles. The highest BCUT2D eigenvalue weighted by molar-refractivity contribution is 7.19. The second-order valence-corrected chi connectivity index (χ2v) is 16.7. The van der Waals surface area contributed by atoms with Crippen LogP contribution in [0.3, 0.4) is 0 Å². The van der Waals surface area contributed by atoms with Crippen LogP contribution in [0.1, 0.15) is 51.7 Å². The fourth-order valence-electron chi connectivity index (χ4n) is 6.97. The van der Waals surface area contributed by atoms with E-state index in [0.29, 0.717) is 5.56 Å². The summed E-state index contributed by atoms with van der Waals surface area (Å²) in [5.41, 5.74) is 4.75. The maximum atomic E-state index is 11.8. The number of fused-ring (bicyclic) bond motifs is 1. The van der Waals surface area contributed by atoms with Gasteiger partial charge in [0.15, 0.2) is 8.07 Å². The van der Waals surface area contributed by atoms with Gasteiger partial charge in [-0.1, -0.05) is 143 Å². The van der Waals surface area contributed by atoms with E-state index in [2.05, 4.69) is 131 Å². The molecule has 0 unspecified atom stereocenters. The fraction of sp³-hybridized carbons (Fsp3) is 0.211. The summed E-state index contributed by atoms with van der Waals surface area (Å²) in [4.78, 5) is 11.5. The summed E-state index contributed by atoms with van der Waals surface area (Å²) in [7, 11) is -2.76. The van der Waals surface area contributed by atoms with Crippen molar-refractivity contribution in [2.24, 2.45) is 0 Å². The number of rotatable bonds is 6. The lowest BCUT2D eigenvalue weighted by Gasteiger charge is -2.43. The average Bonchev–Trinajstić information content (AvgIpc) is 3.01. The van der Waals surface area contributed by atoms with Crippen LogP contribution < -0.4 is 20.7 Å². The smallest absolute Gasteiger partial charge is 0.258 e. The molecule has 0 atom stereocenters. The first-order valence-corrected chi connectivity index (χ1v) is 16.8. The van der Waals surface area contributed by atoms with Crippen molar-refractivity contribution in [1.82, 2.24) is 0 Å². The molecule has 0 radical (unpaired) electrons. The van der Waals surface area contributed by atoms with Crippen LogP contribution in [-0.2, 0) is 10.8 Å². The highest BCUT2D eigenvalue weighted by Crippen LogP contribution is 2.45. The lowest BCUT2D eigenvalue weighted by atomic mass is 9.63. The van der Waals surface area contributed by atoms with Crippen molar-refractivity contribution in [2.45, 2.75) is 51.4 Å². The molecular weight excluding hydrogens is 531 g/mol. The number of nitrogens with zero attached hydrogens (tertiary/aromatic N) is 1. The Morgan fingerprint density at radius 3 is 1.62 bits per heavy atom. The molecular formula is C38H37NO2Si. The second kappa shape index (κ2) is 10.5. The third-order valence-electron chi connectivity index (χ3n) is 9.43. The van der Waals surface area contributed by atoms with Crippen LogP contribution >= 0.6 is 0 Å². The highest BCUT2D eigenvalue weighted by Gasteiger charge is 2.44. The number of hydrogen-bond acceptors (Lipinski definition) is 2. The predicted octanol–water partition coefficient (Wildman–Crippen LogP) is 6.99. The van der Waals surface area contributed by atoms with E-state index in [0.717, 1.165) is 12.0 Å². The second-order valence-electron chi connectivity index (χ2n) is 12.9. The molecule has 0 aromatic heterocycles. The Hall–Kier alpha value is -4.28. The van der Waals surface area contributed by atoms with Gasteiger partial charge >= 0.3 is 0 Å². The van der Waals surface area contributed by atoms with Crippen molar-refractivity contribution in [2.75, 3.05) is 0 Å². The molecule has 5 aromatic rings. The van der Waals surface area contributed by atoms with Crippen molar-refractivity contribution in [1.29, 1.82) is 0 Å². The number of para-hydroxylation sites is 1. The van der Waals surface area contributed by atoms with Gasteiger partial charge in [-0.2, -0.15) is 0 Å². The van der Waals surface area contributed by atoms with E-state index in [1.807, 2.05) is 12.1 Å². The van der Waals surface area contributed by atoms with E-state index in [9.17, 15) is 10.1 Å². The van der Waals surface area contributed by atoms with Crippen LogP contribution in [-0.4, -0.2) is 13.0 Å². The molecule has 0 amide bonds. The van der Waals surface area contributed by atoms with Gasteiger partial charge < -0.3 is 0 Å². The maximum absolute atomic E-state index is 11.8. The van der Waals surface area contributed by atoms with Crippen molar-refractivity contribution in [3.05, 3.63) is 149 Å². The van der Waals surface area contributed by atoms with Crippen LogP contribution in [0.2, 0.25) is 0 Å². The summed E-state index contributed by atoms with van der Waals surface area (Å²) >= 11 is 0. The van der Waals surface area contributed by atoms with Gasteiger partial charge in [0.1, 0.15) is 0 Å². The standard InChI is InChI=1S/C38H37NO2Si/c1-37(2)25-26-38(3,4)35-27-32(23-24-34(35)37)42(29-13-7-5-8-14-29,30-15-9-6-10-16-30)31-21-19-28(20-22-31)33-17-11-12-18-36(33)39(40)41/h5-24,27H,25-26H2,1-4H3. The molecule has 42 heavy (non-hydrogen) atoms. The molecule has 0 N–H and O–H groups in total.